The largest absolute Gasteiger partial charge is 0.305 e. The number of anilines is 1. The van der Waals surface area contributed by atoms with Gasteiger partial charge < -0.3 is 4.90 Å². The Morgan fingerprint density at radius 2 is 2.08 bits per heavy atom. The van der Waals surface area contributed by atoms with Crippen LogP contribution in [0.15, 0.2) is 36.4 Å². The lowest BCUT2D eigenvalue weighted by molar-refractivity contribution is -0.385. The molecule has 7 heteroatoms. The maximum Gasteiger partial charge on any atom is 0.283 e. The standard InChI is InChI=1S/C17H14ClFN2O3/c1-10-2-3-11-8-13(19)5-7-15(11)20(10)17(22)14-6-4-12(18)9-16(14)21(23)24/h4-10H,2-3H2,1H3/t10-/m0/s1. The van der Waals surface area contributed by atoms with E-state index < -0.39 is 10.8 Å². The molecule has 0 saturated heterocycles. The second-order valence-electron chi connectivity index (χ2n) is 5.75. The third-order valence-electron chi connectivity index (χ3n) is 4.18. The molecule has 0 fully saturated rings. The van der Waals surface area contributed by atoms with Crippen LogP contribution in [0.5, 0.6) is 0 Å². The highest BCUT2D eigenvalue weighted by Crippen LogP contribution is 2.34. The van der Waals surface area contributed by atoms with Gasteiger partial charge in [0.15, 0.2) is 0 Å². The molecule has 1 atom stereocenters. The quantitative estimate of drug-likeness (QED) is 0.598. The van der Waals surface area contributed by atoms with Crippen LogP contribution in [-0.4, -0.2) is 16.9 Å². The number of halogens is 2. The zero-order valence-electron chi connectivity index (χ0n) is 12.8. The minimum atomic E-state index is -0.626. The first kappa shape index (κ1) is 16.4. The number of nitro groups is 1. The fourth-order valence-electron chi connectivity index (χ4n) is 3.00. The molecule has 3 rings (SSSR count). The summed E-state index contributed by atoms with van der Waals surface area (Å²) in [6, 6.07) is 8.04. The molecular weight excluding hydrogens is 335 g/mol. The number of carbonyl (C=O) groups is 1. The summed E-state index contributed by atoms with van der Waals surface area (Å²) in [4.78, 5) is 25.1. The number of nitro benzene ring substituents is 1. The van der Waals surface area contributed by atoms with Crippen molar-refractivity contribution in [1.29, 1.82) is 0 Å². The van der Waals surface area contributed by atoms with Crippen molar-refractivity contribution >= 4 is 28.9 Å². The van der Waals surface area contributed by atoms with Gasteiger partial charge >= 0.3 is 0 Å². The van der Waals surface area contributed by atoms with Crippen LogP contribution >= 0.6 is 11.6 Å². The van der Waals surface area contributed by atoms with E-state index >= 15 is 0 Å². The average Bonchev–Trinajstić information content (AvgIpc) is 2.54. The van der Waals surface area contributed by atoms with E-state index in [0.29, 0.717) is 18.5 Å². The molecule has 0 aromatic heterocycles. The van der Waals surface area contributed by atoms with Gasteiger partial charge in [-0.1, -0.05) is 11.6 Å². The number of nitrogens with zero attached hydrogens (tertiary/aromatic N) is 2. The third kappa shape index (κ3) is 2.85. The first-order valence-corrected chi connectivity index (χ1v) is 7.82. The van der Waals surface area contributed by atoms with Crippen LogP contribution in [0.3, 0.4) is 0 Å². The normalized spacial score (nSPS) is 16.6. The fourth-order valence-corrected chi connectivity index (χ4v) is 3.16. The molecule has 0 spiro atoms. The zero-order chi connectivity index (χ0) is 17.4. The van der Waals surface area contributed by atoms with E-state index in [-0.39, 0.29) is 28.1 Å². The number of fused-ring (bicyclic) bond motifs is 1. The van der Waals surface area contributed by atoms with Crippen LogP contribution in [0.4, 0.5) is 15.8 Å². The summed E-state index contributed by atoms with van der Waals surface area (Å²) in [6.45, 7) is 1.87. The van der Waals surface area contributed by atoms with E-state index in [0.717, 1.165) is 11.6 Å². The number of carbonyl (C=O) groups excluding carboxylic acids is 1. The van der Waals surface area contributed by atoms with Gasteiger partial charge in [-0.25, -0.2) is 4.39 Å². The molecule has 124 valence electrons. The Morgan fingerprint density at radius 3 is 2.79 bits per heavy atom. The highest BCUT2D eigenvalue weighted by Gasteiger charge is 2.32. The SMILES string of the molecule is C[C@H]1CCc2cc(F)ccc2N1C(=O)c1ccc(Cl)cc1[N+](=O)[O-]. The summed E-state index contributed by atoms with van der Waals surface area (Å²) < 4.78 is 13.4. The lowest BCUT2D eigenvalue weighted by Gasteiger charge is -2.35. The lowest BCUT2D eigenvalue weighted by Crippen LogP contribution is -2.42. The maximum absolute atomic E-state index is 13.4. The number of rotatable bonds is 2. The summed E-state index contributed by atoms with van der Waals surface area (Å²) >= 11 is 5.81. The van der Waals surface area contributed by atoms with Crippen LogP contribution < -0.4 is 4.90 Å². The van der Waals surface area contributed by atoms with E-state index in [2.05, 4.69) is 0 Å². The van der Waals surface area contributed by atoms with Crippen molar-refractivity contribution in [2.75, 3.05) is 4.90 Å². The Balaban J connectivity index is 2.10. The van der Waals surface area contributed by atoms with Crippen molar-refractivity contribution in [2.45, 2.75) is 25.8 Å². The van der Waals surface area contributed by atoms with Gasteiger partial charge in [0.05, 0.1) is 4.92 Å². The minimum absolute atomic E-state index is 0.0339. The predicted octanol–water partition coefficient (Wildman–Crippen LogP) is 4.37. The summed E-state index contributed by atoms with van der Waals surface area (Å²) in [5.41, 5.74) is 0.935. The molecule has 2 aromatic carbocycles. The number of benzene rings is 2. The van der Waals surface area contributed by atoms with Crippen LogP contribution in [0.2, 0.25) is 5.02 Å². The second kappa shape index (κ2) is 6.20. The molecule has 24 heavy (non-hydrogen) atoms. The summed E-state index contributed by atoms with van der Waals surface area (Å²) in [5, 5.41) is 11.4. The van der Waals surface area contributed by atoms with Gasteiger partial charge in [-0.05, 0) is 55.7 Å². The van der Waals surface area contributed by atoms with Gasteiger partial charge in [0.2, 0.25) is 0 Å². The highest BCUT2D eigenvalue weighted by atomic mass is 35.5. The number of amides is 1. The highest BCUT2D eigenvalue weighted by molar-refractivity contribution is 6.31. The monoisotopic (exact) mass is 348 g/mol. The maximum atomic E-state index is 13.4. The summed E-state index contributed by atoms with van der Waals surface area (Å²) in [5.74, 6) is -0.855. The Hall–Kier alpha value is -2.47. The van der Waals surface area contributed by atoms with Crippen molar-refractivity contribution < 1.29 is 14.1 Å². The number of aryl methyl sites for hydroxylation is 1. The molecule has 0 bridgehead atoms. The molecule has 0 aliphatic carbocycles. The fraction of sp³-hybridized carbons (Fsp3) is 0.235. The van der Waals surface area contributed by atoms with Crippen LogP contribution in [-0.2, 0) is 6.42 Å². The van der Waals surface area contributed by atoms with Crippen molar-refractivity contribution in [3.63, 3.8) is 0 Å². The van der Waals surface area contributed by atoms with Gasteiger partial charge in [0.1, 0.15) is 11.4 Å². The topological polar surface area (TPSA) is 63.5 Å². The van der Waals surface area contributed by atoms with Crippen LogP contribution in [0.25, 0.3) is 0 Å². The Kier molecular flexibility index (Phi) is 4.24. The molecule has 0 radical (unpaired) electrons. The van der Waals surface area contributed by atoms with Crippen molar-refractivity contribution in [2.24, 2.45) is 0 Å². The summed E-state index contributed by atoms with van der Waals surface area (Å²) in [7, 11) is 0. The smallest absolute Gasteiger partial charge is 0.283 e. The van der Waals surface area contributed by atoms with E-state index in [1.807, 2.05) is 6.92 Å². The van der Waals surface area contributed by atoms with Gasteiger partial charge in [-0.15, -0.1) is 0 Å². The average molecular weight is 349 g/mol. The first-order valence-electron chi connectivity index (χ1n) is 7.44. The van der Waals surface area contributed by atoms with Crippen molar-refractivity contribution in [1.82, 2.24) is 0 Å². The molecule has 0 N–H and O–H groups in total. The lowest BCUT2D eigenvalue weighted by atomic mass is 9.95. The molecular formula is C17H14ClFN2O3. The summed E-state index contributed by atoms with van der Waals surface area (Å²) in [6.07, 6.45) is 1.31. The Bertz CT molecular complexity index is 841. The van der Waals surface area contributed by atoms with Gasteiger partial charge in [0.25, 0.3) is 11.6 Å². The predicted molar refractivity (Wildman–Crippen MR) is 89.1 cm³/mol. The van der Waals surface area contributed by atoms with E-state index in [1.165, 1.54) is 29.2 Å². The zero-order valence-corrected chi connectivity index (χ0v) is 13.6. The molecule has 1 aliphatic rings. The molecule has 1 aliphatic heterocycles. The van der Waals surface area contributed by atoms with Gasteiger partial charge in [-0.3, -0.25) is 14.9 Å². The first-order chi connectivity index (χ1) is 11.4. The van der Waals surface area contributed by atoms with Crippen molar-refractivity contribution in [3.8, 4) is 0 Å². The minimum Gasteiger partial charge on any atom is -0.305 e. The van der Waals surface area contributed by atoms with Crippen LogP contribution in [0, 0.1) is 15.9 Å². The number of hydrogen-bond acceptors (Lipinski definition) is 3. The molecule has 0 unspecified atom stereocenters. The molecule has 5 nitrogen and oxygen atoms in total. The Morgan fingerprint density at radius 1 is 1.33 bits per heavy atom. The second-order valence-corrected chi connectivity index (χ2v) is 6.19. The van der Waals surface area contributed by atoms with E-state index in [9.17, 15) is 19.3 Å². The molecule has 2 aromatic rings. The molecule has 0 saturated carbocycles. The van der Waals surface area contributed by atoms with Crippen molar-refractivity contribution in [3.05, 3.63) is 68.5 Å². The Labute approximate surface area is 142 Å². The van der Waals surface area contributed by atoms with Gasteiger partial charge in [-0.2, -0.15) is 0 Å². The number of hydrogen-bond donors (Lipinski definition) is 0. The third-order valence-corrected chi connectivity index (χ3v) is 4.41. The van der Waals surface area contributed by atoms with Gasteiger partial charge in [0, 0.05) is 22.8 Å². The molecule has 1 amide bonds. The van der Waals surface area contributed by atoms with Crippen LogP contribution in [0.1, 0.15) is 29.3 Å². The molecule has 1 heterocycles. The van der Waals surface area contributed by atoms with E-state index in [1.54, 1.807) is 6.07 Å². The van der Waals surface area contributed by atoms with E-state index in [4.69, 9.17) is 11.6 Å².